The second-order valence-corrected chi connectivity index (χ2v) is 12.9. The van der Waals surface area contributed by atoms with Gasteiger partial charge in [0.05, 0.1) is 11.2 Å². The molecule has 4 nitrogen and oxygen atoms in total. The average molecular weight is 595 g/mol. The first-order valence-corrected chi connectivity index (χ1v) is 16.1. The highest BCUT2D eigenvalue weighted by Crippen LogP contribution is 2.53. The summed E-state index contributed by atoms with van der Waals surface area (Å²) >= 11 is 0. The molecular weight excluding hydrogens is 560 g/mol. The van der Waals surface area contributed by atoms with E-state index < -0.39 is 0 Å². The summed E-state index contributed by atoms with van der Waals surface area (Å²) in [5.41, 5.74) is 10.8. The zero-order chi connectivity index (χ0) is 30.8. The van der Waals surface area contributed by atoms with Gasteiger partial charge in [-0.05, 0) is 27.6 Å². The van der Waals surface area contributed by atoms with E-state index in [1.54, 1.807) is 0 Å². The lowest BCUT2D eigenvalue weighted by molar-refractivity contribution is 0.338. The molecule has 2 N–H and O–H groups in total. The molecule has 0 saturated carbocycles. The van der Waals surface area contributed by atoms with Crippen molar-refractivity contribution < 1.29 is 0 Å². The molecule has 9 rings (SSSR count). The van der Waals surface area contributed by atoms with Crippen molar-refractivity contribution in [2.24, 2.45) is 4.99 Å². The molecule has 6 aromatic carbocycles. The number of hydrogen-bond acceptors (Lipinski definition) is 3. The molecule has 1 aliphatic carbocycles. The predicted molar refractivity (Wildman–Crippen MR) is 190 cm³/mol. The highest BCUT2D eigenvalue weighted by Gasteiger charge is 2.38. The van der Waals surface area contributed by atoms with Crippen molar-refractivity contribution >= 4 is 27.5 Å². The van der Waals surface area contributed by atoms with E-state index in [-0.39, 0.29) is 17.9 Å². The van der Waals surface area contributed by atoms with Crippen LogP contribution >= 0.6 is 0 Å². The van der Waals surface area contributed by atoms with Gasteiger partial charge in [0.15, 0.2) is 6.29 Å². The van der Waals surface area contributed by atoms with Gasteiger partial charge in [-0.2, -0.15) is 0 Å². The number of nitrogens with zero attached hydrogens (tertiary/aromatic N) is 2. The summed E-state index contributed by atoms with van der Waals surface area (Å²) in [6, 6.07) is 52.4. The first kappa shape index (κ1) is 26.9. The molecule has 0 amide bonds. The maximum atomic E-state index is 5.49. The molecule has 0 saturated heterocycles. The Kier molecular flexibility index (Phi) is 6.02. The fourth-order valence-corrected chi connectivity index (χ4v) is 7.72. The van der Waals surface area contributed by atoms with Gasteiger partial charge in [-0.25, -0.2) is 4.99 Å². The van der Waals surface area contributed by atoms with Crippen molar-refractivity contribution in [1.29, 1.82) is 0 Å². The number of amidine groups is 1. The van der Waals surface area contributed by atoms with Gasteiger partial charge in [-0.3, -0.25) is 5.32 Å². The van der Waals surface area contributed by atoms with Crippen LogP contribution in [0.4, 0.5) is 0 Å². The van der Waals surface area contributed by atoms with E-state index in [1.807, 2.05) is 0 Å². The highest BCUT2D eigenvalue weighted by atomic mass is 15.4. The van der Waals surface area contributed by atoms with Crippen LogP contribution in [0.2, 0.25) is 0 Å². The van der Waals surface area contributed by atoms with Crippen LogP contribution in [-0.2, 0) is 5.41 Å². The van der Waals surface area contributed by atoms with Crippen molar-refractivity contribution in [3.05, 3.63) is 168 Å². The van der Waals surface area contributed by atoms with Crippen LogP contribution in [0.15, 0.2) is 151 Å². The molecule has 1 aromatic heterocycles. The standard InChI is InChI=1S/C42H34N4/c1-42(2)34-23-13-11-21-31(34)36-33-26-25-27-15-9-10-20-30(27)37(33)46(38(36)32-22-12-14-24-35(32)42)41-44-39(28-16-5-3-6-17-28)43-40(45-41)29-18-7-4-8-19-29/h3-26,39,41,44H,1-2H3,(H,43,45). The minimum absolute atomic E-state index is 0.147. The lowest BCUT2D eigenvalue weighted by Crippen LogP contribution is -2.46. The average Bonchev–Trinajstić information content (AvgIpc) is 3.44. The predicted octanol–water partition coefficient (Wildman–Crippen LogP) is 9.56. The summed E-state index contributed by atoms with van der Waals surface area (Å²) in [5, 5.41) is 11.3. The minimum Gasteiger partial charge on any atom is -0.350 e. The van der Waals surface area contributed by atoms with Crippen molar-refractivity contribution in [1.82, 2.24) is 15.2 Å². The van der Waals surface area contributed by atoms with E-state index in [9.17, 15) is 0 Å². The number of benzene rings is 6. The van der Waals surface area contributed by atoms with E-state index in [0.29, 0.717) is 0 Å². The molecule has 0 fully saturated rings. The minimum atomic E-state index is -0.389. The van der Waals surface area contributed by atoms with E-state index in [0.717, 1.165) is 17.0 Å². The first-order chi connectivity index (χ1) is 22.6. The van der Waals surface area contributed by atoms with Crippen molar-refractivity contribution in [3.8, 4) is 22.4 Å². The topological polar surface area (TPSA) is 41.4 Å². The largest absolute Gasteiger partial charge is 0.350 e. The Morgan fingerprint density at radius 3 is 2.02 bits per heavy atom. The maximum Gasteiger partial charge on any atom is 0.184 e. The van der Waals surface area contributed by atoms with Gasteiger partial charge in [0.1, 0.15) is 12.0 Å². The van der Waals surface area contributed by atoms with Gasteiger partial charge in [0.2, 0.25) is 0 Å². The second kappa shape index (κ2) is 10.3. The Morgan fingerprint density at radius 1 is 0.609 bits per heavy atom. The lowest BCUT2D eigenvalue weighted by atomic mass is 9.75. The third-order valence-electron chi connectivity index (χ3n) is 9.89. The Labute approximate surface area is 269 Å². The monoisotopic (exact) mass is 594 g/mol. The summed E-state index contributed by atoms with van der Waals surface area (Å²) in [5.74, 6) is 0.872. The Bertz CT molecular complexity index is 2300. The molecule has 46 heavy (non-hydrogen) atoms. The van der Waals surface area contributed by atoms with E-state index in [1.165, 1.54) is 55.2 Å². The second-order valence-electron chi connectivity index (χ2n) is 12.9. The Balaban J connectivity index is 1.43. The molecule has 1 aliphatic heterocycles. The quantitative estimate of drug-likeness (QED) is 0.214. The summed E-state index contributed by atoms with van der Waals surface area (Å²) in [7, 11) is 0. The van der Waals surface area contributed by atoms with E-state index >= 15 is 0 Å². The van der Waals surface area contributed by atoms with Crippen LogP contribution in [0.5, 0.6) is 0 Å². The molecule has 2 aliphatic rings. The van der Waals surface area contributed by atoms with E-state index in [2.05, 4.69) is 175 Å². The van der Waals surface area contributed by atoms with Gasteiger partial charge < -0.3 is 9.88 Å². The molecule has 222 valence electrons. The van der Waals surface area contributed by atoms with Gasteiger partial charge in [0, 0.05) is 32.9 Å². The van der Waals surface area contributed by atoms with Crippen LogP contribution in [0.25, 0.3) is 44.1 Å². The summed E-state index contributed by atoms with van der Waals surface area (Å²) < 4.78 is 2.49. The number of fused-ring (bicyclic) bond motifs is 9. The van der Waals surface area contributed by atoms with Crippen LogP contribution in [0, 0.1) is 0 Å². The molecule has 2 heterocycles. The number of rotatable bonds is 3. The van der Waals surface area contributed by atoms with Gasteiger partial charge in [-0.1, -0.05) is 159 Å². The van der Waals surface area contributed by atoms with Crippen LogP contribution in [0.1, 0.15) is 48.6 Å². The molecule has 0 radical (unpaired) electrons. The van der Waals surface area contributed by atoms with Gasteiger partial charge in [-0.15, -0.1) is 0 Å². The normalized spacial score (nSPS) is 18.2. The van der Waals surface area contributed by atoms with Crippen molar-refractivity contribution in [3.63, 3.8) is 0 Å². The van der Waals surface area contributed by atoms with Crippen LogP contribution in [-0.4, -0.2) is 10.4 Å². The third-order valence-corrected chi connectivity index (χ3v) is 9.89. The smallest absolute Gasteiger partial charge is 0.184 e. The number of aliphatic imine (C=N–C) groups is 1. The summed E-state index contributed by atoms with van der Waals surface area (Å²) in [6.45, 7) is 4.72. The van der Waals surface area contributed by atoms with Crippen LogP contribution < -0.4 is 10.6 Å². The van der Waals surface area contributed by atoms with Gasteiger partial charge >= 0.3 is 0 Å². The van der Waals surface area contributed by atoms with Crippen molar-refractivity contribution in [2.75, 3.05) is 0 Å². The molecule has 2 unspecified atom stereocenters. The third kappa shape index (κ3) is 4.00. The Hall–Kier alpha value is -5.45. The zero-order valence-corrected chi connectivity index (χ0v) is 25.9. The first-order valence-electron chi connectivity index (χ1n) is 16.1. The summed E-state index contributed by atoms with van der Waals surface area (Å²) in [6.07, 6.45) is -0.535. The fourth-order valence-electron chi connectivity index (χ4n) is 7.72. The molecule has 0 spiro atoms. The molecular formula is C42H34N4. The Morgan fingerprint density at radius 2 is 1.24 bits per heavy atom. The van der Waals surface area contributed by atoms with Crippen molar-refractivity contribution in [2.45, 2.75) is 31.7 Å². The summed E-state index contributed by atoms with van der Waals surface area (Å²) in [4.78, 5) is 5.49. The maximum absolute atomic E-state index is 5.49. The van der Waals surface area contributed by atoms with E-state index in [4.69, 9.17) is 4.99 Å². The molecule has 4 heteroatoms. The number of aromatic nitrogens is 1. The SMILES string of the molecule is CC1(C)c2ccccc2-c2c(n(C3N=C(c4ccccc4)NC(c4ccccc4)N3)c3c2ccc2ccccc23)-c2ccccc21. The highest BCUT2D eigenvalue weighted by molar-refractivity contribution is 6.16. The lowest BCUT2D eigenvalue weighted by Gasteiger charge is -2.34. The van der Waals surface area contributed by atoms with Crippen LogP contribution in [0.3, 0.4) is 0 Å². The molecule has 0 bridgehead atoms. The zero-order valence-electron chi connectivity index (χ0n) is 25.9. The van der Waals surface area contributed by atoms with Gasteiger partial charge in [0.25, 0.3) is 0 Å². The number of nitrogens with one attached hydrogen (secondary N) is 2. The molecule has 2 atom stereocenters. The fraction of sp³-hybridized carbons (Fsp3) is 0.119. The number of hydrogen-bond donors (Lipinski definition) is 2. The molecule has 7 aromatic rings.